The van der Waals surface area contributed by atoms with Crippen molar-refractivity contribution in [3.63, 3.8) is 0 Å². The largest absolute Gasteiger partial charge is 0.434 e. The highest BCUT2D eigenvalue weighted by Gasteiger charge is 2.13. The van der Waals surface area contributed by atoms with Crippen LogP contribution in [-0.4, -0.2) is 9.97 Å². The molecule has 0 saturated heterocycles. The maximum absolute atomic E-state index is 5.76. The Hall–Kier alpha value is -1.88. The van der Waals surface area contributed by atoms with Crippen LogP contribution in [-0.2, 0) is 0 Å². The number of aromatic nitrogens is 2. The Morgan fingerprint density at radius 2 is 2.06 bits per heavy atom. The standard InChI is InChI=1S/C11H9N3OS/c1-6-9(12)16-11(13-6)10-14-7-4-2-3-5-8(7)15-10/h2-5H,12H2,1H3. The minimum absolute atomic E-state index is 0.533. The maximum atomic E-state index is 5.76. The quantitative estimate of drug-likeness (QED) is 0.699. The zero-order chi connectivity index (χ0) is 11.1. The third kappa shape index (κ3) is 1.37. The van der Waals surface area contributed by atoms with Crippen molar-refractivity contribution in [3.8, 4) is 10.9 Å². The third-order valence-electron chi connectivity index (χ3n) is 2.31. The van der Waals surface area contributed by atoms with Crippen molar-refractivity contribution in [2.45, 2.75) is 6.92 Å². The summed E-state index contributed by atoms with van der Waals surface area (Å²) >= 11 is 1.39. The van der Waals surface area contributed by atoms with Crippen molar-refractivity contribution in [1.82, 2.24) is 9.97 Å². The van der Waals surface area contributed by atoms with Gasteiger partial charge in [0.25, 0.3) is 5.89 Å². The van der Waals surface area contributed by atoms with Crippen molar-refractivity contribution in [3.05, 3.63) is 30.0 Å². The molecule has 0 aliphatic carbocycles. The summed E-state index contributed by atoms with van der Waals surface area (Å²) in [5, 5.41) is 1.43. The molecule has 80 valence electrons. The number of oxazole rings is 1. The van der Waals surface area contributed by atoms with E-state index in [4.69, 9.17) is 10.2 Å². The van der Waals surface area contributed by atoms with Crippen LogP contribution in [0.3, 0.4) is 0 Å². The zero-order valence-electron chi connectivity index (χ0n) is 8.60. The number of aryl methyl sites for hydroxylation is 1. The number of hydrogen-bond donors (Lipinski definition) is 1. The van der Waals surface area contributed by atoms with Crippen molar-refractivity contribution in [1.29, 1.82) is 0 Å². The first-order chi connectivity index (χ1) is 7.74. The van der Waals surface area contributed by atoms with Gasteiger partial charge in [-0.2, -0.15) is 0 Å². The van der Waals surface area contributed by atoms with E-state index in [1.54, 1.807) is 0 Å². The maximum Gasteiger partial charge on any atom is 0.257 e. The van der Waals surface area contributed by atoms with E-state index in [0.29, 0.717) is 10.9 Å². The highest BCUT2D eigenvalue weighted by atomic mass is 32.1. The van der Waals surface area contributed by atoms with Gasteiger partial charge < -0.3 is 10.2 Å². The second-order valence-electron chi connectivity index (χ2n) is 3.46. The van der Waals surface area contributed by atoms with Gasteiger partial charge >= 0.3 is 0 Å². The number of para-hydroxylation sites is 2. The molecule has 3 aromatic rings. The average Bonchev–Trinajstić information content (AvgIpc) is 2.83. The molecule has 2 N–H and O–H groups in total. The lowest BCUT2D eigenvalue weighted by molar-refractivity contribution is 0.619. The third-order valence-corrected chi connectivity index (χ3v) is 3.28. The molecule has 3 rings (SSSR count). The molecule has 5 heteroatoms. The monoisotopic (exact) mass is 231 g/mol. The van der Waals surface area contributed by atoms with Crippen LogP contribution in [0.4, 0.5) is 5.00 Å². The number of nitrogens with zero attached hydrogens (tertiary/aromatic N) is 2. The number of nitrogens with two attached hydrogens (primary N) is 1. The number of nitrogen functional groups attached to an aromatic ring is 1. The topological polar surface area (TPSA) is 64.9 Å². The van der Waals surface area contributed by atoms with Crippen molar-refractivity contribution >= 4 is 27.4 Å². The summed E-state index contributed by atoms with van der Waals surface area (Å²) in [6.07, 6.45) is 0. The minimum Gasteiger partial charge on any atom is -0.434 e. The van der Waals surface area contributed by atoms with E-state index < -0.39 is 0 Å². The summed E-state index contributed by atoms with van der Waals surface area (Å²) in [7, 11) is 0. The molecular formula is C11H9N3OS. The Morgan fingerprint density at radius 1 is 1.25 bits per heavy atom. The van der Waals surface area contributed by atoms with Gasteiger partial charge in [-0.3, -0.25) is 0 Å². The minimum atomic E-state index is 0.533. The fourth-order valence-corrected chi connectivity index (χ4v) is 2.22. The normalized spacial score (nSPS) is 11.1. The van der Waals surface area contributed by atoms with Crippen LogP contribution in [0, 0.1) is 6.92 Å². The Labute approximate surface area is 95.7 Å². The molecule has 0 atom stereocenters. The van der Waals surface area contributed by atoms with Gasteiger partial charge in [-0.25, -0.2) is 9.97 Å². The number of rotatable bonds is 1. The fraction of sp³-hybridized carbons (Fsp3) is 0.0909. The second kappa shape index (κ2) is 3.31. The summed E-state index contributed by atoms with van der Waals surface area (Å²) in [5.41, 5.74) is 8.18. The molecule has 16 heavy (non-hydrogen) atoms. The number of anilines is 1. The second-order valence-corrected chi connectivity index (χ2v) is 4.49. The van der Waals surface area contributed by atoms with E-state index in [-0.39, 0.29) is 0 Å². The summed E-state index contributed by atoms with van der Waals surface area (Å²) < 4.78 is 5.60. The van der Waals surface area contributed by atoms with Crippen LogP contribution in [0.15, 0.2) is 28.7 Å². The SMILES string of the molecule is Cc1nc(-c2nc3ccccc3o2)sc1N. The highest BCUT2D eigenvalue weighted by Crippen LogP contribution is 2.30. The first kappa shape index (κ1) is 9.35. The molecule has 0 unspecified atom stereocenters. The molecule has 0 bridgehead atoms. The summed E-state index contributed by atoms with van der Waals surface area (Å²) in [6.45, 7) is 1.87. The van der Waals surface area contributed by atoms with Crippen LogP contribution in [0.1, 0.15) is 5.69 Å². The summed E-state index contributed by atoms with van der Waals surface area (Å²) in [6, 6.07) is 7.64. The number of hydrogen-bond acceptors (Lipinski definition) is 5. The smallest absolute Gasteiger partial charge is 0.257 e. The molecule has 2 aromatic heterocycles. The molecule has 0 aliphatic rings. The van der Waals surface area contributed by atoms with Gasteiger partial charge in [0.1, 0.15) is 10.5 Å². The van der Waals surface area contributed by atoms with Gasteiger partial charge in [0, 0.05) is 0 Å². The number of benzene rings is 1. The lowest BCUT2D eigenvalue weighted by atomic mass is 10.3. The molecule has 0 amide bonds. The Bertz CT molecular complexity index is 604. The Balaban J connectivity index is 2.18. The molecule has 0 saturated carbocycles. The van der Waals surface area contributed by atoms with Crippen LogP contribution >= 0.6 is 11.3 Å². The first-order valence-corrected chi connectivity index (χ1v) is 5.64. The number of thiazole rings is 1. The number of fused-ring (bicyclic) bond motifs is 1. The van der Waals surface area contributed by atoms with E-state index >= 15 is 0 Å². The summed E-state index contributed by atoms with van der Waals surface area (Å²) in [5.74, 6) is 0.533. The average molecular weight is 231 g/mol. The summed E-state index contributed by atoms with van der Waals surface area (Å²) in [4.78, 5) is 8.68. The van der Waals surface area contributed by atoms with Gasteiger partial charge in [0.2, 0.25) is 0 Å². The van der Waals surface area contributed by atoms with Gasteiger partial charge in [-0.15, -0.1) is 0 Å². The Kier molecular flexibility index (Phi) is 1.94. The molecule has 0 radical (unpaired) electrons. The van der Waals surface area contributed by atoms with E-state index in [0.717, 1.165) is 21.8 Å². The molecule has 0 fully saturated rings. The predicted molar refractivity (Wildman–Crippen MR) is 64.3 cm³/mol. The van der Waals surface area contributed by atoms with Gasteiger partial charge in [-0.1, -0.05) is 23.5 Å². The van der Waals surface area contributed by atoms with Crippen molar-refractivity contribution < 1.29 is 4.42 Å². The molecule has 4 nitrogen and oxygen atoms in total. The molecule has 0 spiro atoms. The molecule has 0 aliphatic heterocycles. The van der Waals surface area contributed by atoms with Crippen molar-refractivity contribution in [2.75, 3.05) is 5.73 Å². The van der Waals surface area contributed by atoms with E-state index in [2.05, 4.69) is 9.97 Å². The van der Waals surface area contributed by atoms with Crippen molar-refractivity contribution in [2.24, 2.45) is 0 Å². The highest BCUT2D eigenvalue weighted by molar-refractivity contribution is 7.18. The van der Waals surface area contributed by atoms with Crippen LogP contribution in [0.25, 0.3) is 22.0 Å². The molecular weight excluding hydrogens is 222 g/mol. The van der Waals surface area contributed by atoms with Gasteiger partial charge in [-0.05, 0) is 19.1 Å². The van der Waals surface area contributed by atoms with Crippen LogP contribution in [0.5, 0.6) is 0 Å². The zero-order valence-corrected chi connectivity index (χ0v) is 9.41. The molecule has 1 aromatic carbocycles. The van der Waals surface area contributed by atoms with E-state index in [1.165, 1.54) is 11.3 Å². The van der Waals surface area contributed by atoms with E-state index in [1.807, 2.05) is 31.2 Å². The predicted octanol–water partition coefficient (Wildman–Crippen LogP) is 2.84. The van der Waals surface area contributed by atoms with Gasteiger partial charge in [0.05, 0.1) is 5.69 Å². The van der Waals surface area contributed by atoms with Gasteiger partial charge in [0.15, 0.2) is 10.6 Å². The lowest BCUT2D eigenvalue weighted by Crippen LogP contribution is -1.81. The van der Waals surface area contributed by atoms with Crippen LogP contribution < -0.4 is 5.73 Å². The lowest BCUT2D eigenvalue weighted by Gasteiger charge is -1.83. The Morgan fingerprint density at radius 3 is 2.75 bits per heavy atom. The van der Waals surface area contributed by atoms with E-state index in [9.17, 15) is 0 Å². The molecule has 2 heterocycles. The van der Waals surface area contributed by atoms with Crippen LogP contribution in [0.2, 0.25) is 0 Å². The fourth-order valence-electron chi connectivity index (χ4n) is 1.46. The first-order valence-electron chi connectivity index (χ1n) is 4.83.